The number of sulfonamides is 1. The Morgan fingerprint density at radius 2 is 1.65 bits per heavy atom. The van der Waals surface area contributed by atoms with Gasteiger partial charge in [-0.3, -0.25) is 0 Å². The van der Waals surface area contributed by atoms with Crippen molar-refractivity contribution in [1.82, 2.24) is 4.72 Å². The summed E-state index contributed by atoms with van der Waals surface area (Å²) in [5.74, 6) is -1.41. The lowest BCUT2D eigenvalue weighted by atomic mass is 10.1. The van der Waals surface area contributed by atoms with Gasteiger partial charge >= 0.3 is 0 Å². The topological polar surface area (TPSA) is 72.2 Å². The van der Waals surface area contributed by atoms with E-state index in [0.717, 1.165) is 44.2 Å². The summed E-state index contributed by atoms with van der Waals surface area (Å²) in [4.78, 5) is 0.0573. The molecular weight excluding hydrogens is 358 g/mol. The molecule has 0 aromatic heterocycles. The van der Waals surface area contributed by atoms with E-state index in [9.17, 15) is 17.2 Å². The van der Waals surface area contributed by atoms with Gasteiger partial charge < -0.3 is 5.73 Å². The summed E-state index contributed by atoms with van der Waals surface area (Å²) in [6.45, 7) is 1.03. The average molecular weight is 382 g/mol. The Hall–Kier alpha value is -1.83. The Morgan fingerprint density at radius 3 is 2.38 bits per heavy atom. The minimum atomic E-state index is -3.68. The zero-order valence-corrected chi connectivity index (χ0v) is 15.4. The molecule has 26 heavy (non-hydrogen) atoms. The summed E-state index contributed by atoms with van der Waals surface area (Å²) >= 11 is 0. The molecule has 3 N–H and O–H groups in total. The van der Waals surface area contributed by atoms with Crippen LogP contribution in [0.4, 0.5) is 8.78 Å². The first-order valence-electron chi connectivity index (χ1n) is 8.69. The predicted octanol–water partition coefficient (Wildman–Crippen LogP) is 3.82. The van der Waals surface area contributed by atoms with E-state index in [2.05, 4.69) is 4.72 Å². The van der Waals surface area contributed by atoms with Crippen LogP contribution in [-0.2, 0) is 10.0 Å². The lowest BCUT2D eigenvalue weighted by Gasteiger charge is -2.09. The van der Waals surface area contributed by atoms with Crippen LogP contribution in [0.1, 0.15) is 32.1 Å². The van der Waals surface area contributed by atoms with Gasteiger partial charge in [-0.2, -0.15) is 0 Å². The molecular formula is C19H24F2N2O2S. The van der Waals surface area contributed by atoms with Gasteiger partial charge in [0.15, 0.2) is 0 Å². The third-order valence-electron chi connectivity index (χ3n) is 4.06. The van der Waals surface area contributed by atoms with Crippen molar-refractivity contribution in [3.63, 3.8) is 0 Å². The molecule has 2 aromatic rings. The monoisotopic (exact) mass is 382 g/mol. The summed E-state index contributed by atoms with van der Waals surface area (Å²) in [6.07, 6.45) is 4.74. The van der Waals surface area contributed by atoms with E-state index in [0.29, 0.717) is 18.7 Å². The molecule has 7 heteroatoms. The van der Waals surface area contributed by atoms with Gasteiger partial charge in [0.25, 0.3) is 0 Å². The van der Waals surface area contributed by atoms with Crippen molar-refractivity contribution < 1.29 is 17.2 Å². The maximum Gasteiger partial charge on any atom is 0.240 e. The van der Waals surface area contributed by atoms with Crippen LogP contribution in [0.25, 0.3) is 11.1 Å². The van der Waals surface area contributed by atoms with Crippen molar-refractivity contribution in [3.05, 3.63) is 54.1 Å². The van der Waals surface area contributed by atoms with Gasteiger partial charge in [-0.25, -0.2) is 21.9 Å². The summed E-state index contributed by atoms with van der Waals surface area (Å²) in [6, 6.07) is 9.19. The average Bonchev–Trinajstić information content (AvgIpc) is 2.61. The lowest BCUT2D eigenvalue weighted by Crippen LogP contribution is -2.24. The smallest absolute Gasteiger partial charge is 0.240 e. The van der Waals surface area contributed by atoms with Crippen LogP contribution in [0, 0.1) is 11.6 Å². The molecule has 0 aliphatic carbocycles. The van der Waals surface area contributed by atoms with Crippen LogP contribution in [-0.4, -0.2) is 21.5 Å². The van der Waals surface area contributed by atoms with Crippen molar-refractivity contribution in [2.75, 3.05) is 13.1 Å². The highest BCUT2D eigenvalue weighted by molar-refractivity contribution is 7.89. The number of rotatable bonds is 10. The molecule has 4 nitrogen and oxygen atoms in total. The number of nitrogens with one attached hydrogen (secondary N) is 1. The molecule has 0 unspecified atom stereocenters. The summed E-state index contributed by atoms with van der Waals surface area (Å²) in [5.41, 5.74) is 5.97. The van der Waals surface area contributed by atoms with Gasteiger partial charge in [0.1, 0.15) is 11.6 Å². The highest BCUT2D eigenvalue weighted by Crippen LogP contribution is 2.25. The third-order valence-corrected chi connectivity index (χ3v) is 5.52. The summed E-state index contributed by atoms with van der Waals surface area (Å²) < 4.78 is 54.4. The van der Waals surface area contributed by atoms with Crippen molar-refractivity contribution in [2.24, 2.45) is 5.73 Å². The fourth-order valence-corrected chi connectivity index (χ4v) is 3.76. The fraction of sp³-hybridized carbons (Fsp3) is 0.368. The molecule has 0 bridgehead atoms. The second-order valence-corrected chi connectivity index (χ2v) is 7.87. The minimum Gasteiger partial charge on any atom is -0.330 e. The maximum absolute atomic E-state index is 13.9. The van der Waals surface area contributed by atoms with Gasteiger partial charge in [-0.1, -0.05) is 31.4 Å². The van der Waals surface area contributed by atoms with E-state index in [1.54, 1.807) is 12.1 Å². The number of benzene rings is 2. The van der Waals surface area contributed by atoms with Gasteiger partial charge in [0.05, 0.1) is 4.90 Å². The predicted molar refractivity (Wildman–Crippen MR) is 99.1 cm³/mol. The highest BCUT2D eigenvalue weighted by atomic mass is 32.2. The van der Waals surface area contributed by atoms with Gasteiger partial charge in [0, 0.05) is 18.2 Å². The van der Waals surface area contributed by atoms with Gasteiger partial charge in [0.2, 0.25) is 10.0 Å². The van der Waals surface area contributed by atoms with Crippen LogP contribution < -0.4 is 10.5 Å². The van der Waals surface area contributed by atoms with Crippen LogP contribution in [0.15, 0.2) is 47.4 Å². The molecule has 0 aliphatic heterocycles. The van der Waals surface area contributed by atoms with Crippen LogP contribution in [0.3, 0.4) is 0 Å². The molecule has 0 fully saturated rings. The molecule has 0 saturated carbocycles. The molecule has 142 valence electrons. The standard InChI is InChI=1S/C19H24F2N2O2S/c20-16-9-10-18(19(21)14-16)15-7-6-8-17(13-15)26(24,25)23-12-5-3-1-2-4-11-22/h6-10,13-14,23H,1-5,11-12,22H2. The van der Waals surface area contributed by atoms with Crippen molar-refractivity contribution in [3.8, 4) is 11.1 Å². The molecule has 0 spiro atoms. The molecule has 0 aliphatic rings. The zero-order chi connectivity index (χ0) is 19.0. The van der Waals surface area contributed by atoms with Crippen LogP contribution in [0.2, 0.25) is 0 Å². The largest absolute Gasteiger partial charge is 0.330 e. The number of hydrogen-bond donors (Lipinski definition) is 2. The first-order chi connectivity index (χ1) is 12.4. The molecule has 0 amide bonds. The molecule has 2 aromatic carbocycles. The molecule has 0 radical (unpaired) electrons. The number of unbranched alkanes of at least 4 members (excludes halogenated alkanes) is 4. The molecule has 0 saturated heterocycles. The SMILES string of the molecule is NCCCCCCCNS(=O)(=O)c1cccc(-c2ccc(F)cc2F)c1. The second-order valence-electron chi connectivity index (χ2n) is 6.11. The Bertz CT molecular complexity index is 826. The first-order valence-corrected chi connectivity index (χ1v) is 10.2. The van der Waals surface area contributed by atoms with Crippen molar-refractivity contribution in [1.29, 1.82) is 0 Å². The van der Waals surface area contributed by atoms with E-state index in [1.165, 1.54) is 18.2 Å². The van der Waals surface area contributed by atoms with E-state index in [4.69, 9.17) is 5.73 Å². The van der Waals surface area contributed by atoms with E-state index in [-0.39, 0.29) is 10.5 Å². The first kappa shape index (κ1) is 20.5. The van der Waals surface area contributed by atoms with Crippen molar-refractivity contribution >= 4 is 10.0 Å². The summed E-state index contributed by atoms with van der Waals surface area (Å²) in [5, 5.41) is 0. The normalized spacial score (nSPS) is 11.7. The second kappa shape index (κ2) is 9.75. The van der Waals surface area contributed by atoms with E-state index < -0.39 is 21.7 Å². The zero-order valence-electron chi connectivity index (χ0n) is 14.5. The quantitative estimate of drug-likeness (QED) is 0.614. The molecule has 0 atom stereocenters. The fourth-order valence-electron chi connectivity index (χ4n) is 2.64. The van der Waals surface area contributed by atoms with Gasteiger partial charge in [-0.05, 0) is 49.2 Å². The molecule has 0 heterocycles. The van der Waals surface area contributed by atoms with E-state index in [1.807, 2.05) is 0 Å². The Kier molecular flexibility index (Phi) is 7.68. The lowest BCUT2D eigenvalue weighted by molar-refractivity contribution is 0.569. The highest BCUT2D eigenvalue weighted by Gasteiger charge is 2.15. The maximum atomic E-state index is 13.9. The van der Waals surface area contributed by atoms with Crippen molar-refractivity contribution in [2.45, 2.75) is 37.0 Å². The minimum absolute atomic E-state index is 0.0573. The summed E-state index contributed by atoms with van der Waals surface area (Å²) in [7, 11) is -3.68. The third kappa shape index (κ3) is 5.86. The van der Waals surface area contributed by atoms with Gasteiger partial charge in [-0.15, -0.1) is 0 Å². The number of halogens is 2. The Morgan fingerprint density at radius 1 is 0.923 bits per heavy atom. The van der Waals surface area contributed by atoms with E-state index >= 15 is 0 Å². The van der Waals surface area contributed by atoms with Crippen LogP contribution in [0.5, 0.6) is 0 Å². The molecule has 2 rings (SSSR count). The number of hydrogen-bond acceptors (Lipinski definition) is 3. The number of nitrogens with two attached hydrogens (primary N) is 1. The Balaban J connectivity index is 2.01. The van der Waals surface area contributed by atoms with Crippen LogP contribution >= 0.6 is 0 Å². The Labute approximate surface area is 153 Å².